The van der Waals surface area contributed by atoms with Crippen LogP contribution in [0.3, 0.4) is 0 Å². The molecule has 30 heavy (non-hydrogen) atoms. The number of halogens is 3. The van der Waals surface area contributed by atoms with Crippen molar-refractivity contribution in [2.75, 3.05) is 37.6 Å². The van der Waals surface area contributed by atoms with Gasteiger partial charge in [0.1, 0.15) is 32.4 Å². The minimum absolute atomic E-state index is 0.000497. The first-order valence-electron chi connectivity index (χ1n) is 10.3. The lowest BCUT2D eigenvalue weighted by molar-refractivity contribution is -0.892. The second kappa shape index (κ2) is 9.47. The average molecular weight is 422 g/mol. The summed E-state index contributed by atoms with van der Waals surface area (Å²) < 4.78 is 38.1. The maximum atomic E-state index is 12.7. The molecule has 0 unspecified atom stereocenters. The van der Waals surface area contributed by atoms with Gasteiger partial charge in [0.05, 0.1) is 11.6 Å². The number of benzene rings is 1. The summed E-state index contributed by atoms with van der Waals surface area (Å²) in [6, 6.07) is 10.8. The van der Waals surface area contributed by atoms with Crippen LogP contribution in [-0.2, 0) is 11.0 Å². The molecule has 1 aliphatic rings. The summed E-state index contributed by atoms with van der Waals surface area (Å²) in [6.45, 7) is 7.35. The normalized spacial score (nSPS) is 16.4. The maximum absolute atomic E-state index is 12.7. The van der Waals surface area contributed by atoms with Crippen molar-refractivity contribution in [3.05, 3.63) is 59.3 Å². The zero-order valence-electron chi connectivity index (χ0n) is 17.4. The van der Waals surface area contributed by atoms with Crippen molar-refractivity contribution in [1.82, 2.24) is 5.32 Å². The van der Waals surface area contributed by atoms with Crippen molar-refractivity contribution >= 4 is 11.7 Å². The highest BCUT2D eigenvalue weighted by molar-refractivity contribution is 5.77. The van der Waals surface area contributed by atoms with E-state index in [1.165, 1.54) is 16.5 Å². The number of nitrogens with one attached hydrogen (secondary N) is 3. The standard InChI is InChI=1S/C22H27F3N4O/c1-3-19(17-6-4-16(2)5-7-17)27-21(30)15-28-10-12-29(13-11-28)20-9-8-18(14-26-20)22(23,24)25/h4-9,14,19H,3,10-13,15H2,1-2H3,(H,27,30)/p+2/t19-/m0/s1. The van der Waals surface area contributed by atoms with E-state index in [0.29, 0.717) is 25.5 Å². The van der Waals surface area contributed by atoms with E-state index >= 15 is 0 Å². The number of nitrogens with zero attached hydrogens (tertiary/aromatic N) is 1. The summed E-state index contributed by atoms with van der Waals surface area (Å²) in [5.74, 6) is 0.684. The van der Waals surface area contributed by atoms with E-state index in [1.807, 2.05) is 24.0 Å². The molecule has 1 fully saturated rings. The second-order valence-corrected chi connectivity index (χ2v) is 7.81. The number of aryl methyl sites for hydroxylation is 1. The van der Waals surface area contributed by atoms with Gasteiger partial charge in [-0.15, -0.1) is 0 Å². The van der Waals surface area contributed by atoms with Crippen molar-refractivity contribution in [3.8, 4) is 0 Å². The fourth-order valence-corrected chi connectivity index (χ4v) is 3.72. The first kappa shape index (κ1) is 22.1. The first-order chi connectivity index (χ1) is 14.3. The van der Waals surface area contributed by atoms with Crippen LogP contribution in [-0.4, -0.2) is 38.6 Å². The fourth-order valence-electron chi connectivity index (χ4n) is 3.72. The monoisotopic (exact) mass is 422 g/mol. The van der Waals surface area contributed by atoms with Gasteiger partial charge in [-0.25, -0.2) is 4.98 Å². The Morgan fingerprint density at radius 3 is 2.37 bits per heavy atom. The molecule has 0 spiro atoms. The Kier molecular flexibility index (Phi) is 6.97. The smallest absolute Gasteiger partial charge is 0.344 e. The highest BCUT2D eigenvalue weighted by atomic mass is 19.4. The van der Waals surface area contributed by atoms with Crippen LogP contribution in [0.5, 0.6) is 0 Å². The van der Waals surface area contributed by atoms with Crippen LogP contribution in [0.1, 0.15) is 36.1 Å². The molecule has 5 nitrogen and oxygen atoms in total. The molecular weight excluding hydrogens is 393 g/mol. The molecule has 2 heterocycles. The Morgan fingerprint density at radius 1 is 1.17 bits per heavy atom. The number of hydrogen-bond acceptors (Lipinski definition) is 2. The quantitative estimate of drug-likeness (QED) is 0.746. The van der Waals surface area contributed by atoms with Gasteiger partial charge < -0.3 is 10.2 Å². The van der Waals surface area contributed by atoms with Gasteiger partial charge in [0.15, 0.2) is 6.54 Å². The summed E-state index contributed by atoms with van der Waals surface area (Å²) >= 11 is 0. The van der Waals surface area contributed by atoms with Gasteiger partial charge in [-0.2, -0.15) is 13.2 Å². The van der Waals surface area contributed by atoms with E-state index < -0.39 is 11.7 Å². The molecular formula is C22H29F3N4O+2. The number of carbonyl (C=O) groups excluding carboxylic acids is 1. The number of quaternary nitrogens is 1. The molecule has 1 aromatic heterocycles. The van der Waals surface area contributed by atoms with Crippen LogP contribution in [0.4, 0.5) is 19.0 Å². The van der Waals surface area contributed by atoms with E-state index in [-0.39, 0.29) is 11.9 Å². The van der Waals surface area contributed by atoms with Crippen LogP contribution in [0.25, 0.3) is 0 Å². The summed E-state index contributed by atoms with van der Waals surface area (Å²) in [7, 11) is 0. The molecule has 0 bridgehead atoms. The lowest BCUT2D eigenvalue weighted by atomic mass is 10.0. The van der Waals surface area contributed by atoms with Gasteiger partial charge in [-0.3, -0.25) is 9.69 Å². The third-order valence-electron chi connectivity index (χ3n) is 5.57. The van der Waals surface area contributed by atoms with Gasteiger partial charge in [-0.1, -0.05) is 36.8 Å². The molecule has 1 atom stereocenters. The van der Waals surface area contributed by atoms with E-state index in [9.17, 15) is 18.0 Å². The Hall–Kier alpha value is -2.61. The first-order valence-corrected chi connectivity index (χ1v) is 10.3. The summed E-state index contributed by atoms with van der Waals surface area (Å²) in [4.78, 5) is 18.5. The highest BCUT2D eigenvalue weighted by Crippen LogP contribution is 2.28. The van der Waals surface area contributed by atoms with Crippen molar-refractivity contribution in [2.24, 2.45) is 0 Å². The average Bonchev–Trinajstić information content (AvgIpc) is 2.73. The van der Waals surface area contributed by atoms with Crippen LogP contribution in [0.15, 0.2) is 42.6 Å². The van der Waals surface area contributed by atoms with Crippen molar-refractivity contribution in [2.45, 2.75) is 32.5 Å². The molecule has 2 aromatic rings. The van der Waals surface area contributed by atoms with E-state index in [0.717, 1.165) is 37.3 Å². The van der Waals surface area contributed by atoms with Crippen LogP contribution >= 0.6 is 0 Å². The van der Waals surface area contributed by atoms with Crippen molar-refractivity contribution in [1.29, 1.82) is 0 Å². The van der Waals surface area contributed by atoms with Gasteiger partial charge in [0, 0.05) is 6.07 Å². The number of pyridine rings is 1. The number of hydrogen-bond donors (Lipinski definition) is 2. The topological polar surface area (TPSA) is 50.9 Å². The third-order valence-corrected chi connectivity index (χ3v) is 5.57. The van der Waals surface area contributed by atoms with Crippen molar-refractivity contribution < 1.29 is 27.8 Å². The minimum atomic E-state index is -4.35. The van der Waals surface area contributed by atoms with Crippen LogP contribution < -0.4 is 20.1 Å². The van der Waals surface area contributed by atoms with Crippen LogP contribution in [0.2, 0.25) is 0 Å². The van der Waals surface area contributed by atoms with E-state index in [1.54, 1.807) is 0 Å². The largest absolute Gasteiger partial charge is 0.419 e. The minimum Gasteiger partial charge on any atom is -0.344 e. The second-order valence-electron chi connectivity index (χ2n) is 7.81. The predicted octanol–water partition coefficient (Wildman–Crippen LogP) is 1.80. The van der Waals surface area contributed by atoms with Gasteiger partial charge >= 0.3 is 6.18 Å². The molecule has 3 N–H and O–H groups in total. The Balaban J connectivity index is 1.49. The highest BCUT2D eigenvalue weighted by Gasteiger charge is 2.33. The number of rotatable bonds is 6. The number of amides is 1. The molecule has 1 aliphatic heterocycles. The lowest BCUT2D eigenvalue weighted by Gasteiger charge is -2.28. The molecule has 8 heteroatoms. The predicted molar refractivity (Wildman–Crippen MR) is 108 cm³/mol. The molecule has 0 aliphatic carbocycles. The zero-order valence-corrected chi connectivity index (χ0v) is 17.4. The molecule has 1 aromatic carbocycles. The molecule has 3 rings (SSSR count). The molecule has 1 amide bonds. The number of piperazine rings is 1. The van der Waals surface area contributed by atoms with Gasteiger partial charge in [-0.05, 0) is 25.0 Å². The van der Waals surface area contributed by atoms with Gasteiger partial charge in [0.2, 0.25) is 0 Å². The number of carbonyl (C=O) groups is 1. The number of aromatic amines is 1. The third kappa shape index (κ3) is 5.72. The van der Waals surface area contributed by atoms with E-state index in [4.69, 9.17) is 0 Å². The van der Waals surface area contributed by atoms with Crippen LogP contribution in [0, 0.1) is 6.92 Å². The summed E-state index contributed by atoms with van der Waals surface area (Å²) in [6.07, 6.45) is -2.53. The zero-order chi connectivity index (χ0) is 21.7. The molecule has 1 saturated heterocycles. The Labute approximate surface area is 174 Å². The molecule has 0 saturated carbocycles. The van der Waals surface area contributed by atoms with Gasteiger partial charge in [0.25, 0.3) is 11.7 Å². The molecule has 0 radical (unpaired) electrons. The van der Waals surface area contributed by atoms with Crippen molar-refractivity contribution in [3.63, 3.8) is 0 Å². The SMILES string of the molecule is CC[C@H](NC(=O)C[NH+]1CCN(c2ccc(C(F)(F)F)c[nH+]2)CC1)c1ccc(C)cc1. The number of H-pyrrole nitrogens is 1. The lowest BCUT2D eigenvalue weighted by Crippen LogP contribution is -3.16. The summed E-state index contributed by atoms with van der Waals surface area (Å²) in [5, 5.41) is 3.13. The summed E-state index contributed by atoms with van der Waals surface area (Å²) in [5.41, 5.74) is 1.60. The van der Waals surface area contributed by atoms with E-state index in [2.05, 4.69) is 29.4 Å². The molecule has 162 valence electrons. The maximum Gasteiger partial charge on any atom is 0.419 e. The Bertz CT molecular complexity index is 829. The Morgan fingerprint density at radius 2 is 1.83 bits per heavy atom. The number of anilines is 1. The fraction of sp³-hybridized carbons (Fsp3) is 0.455. The number of alkyl halides is 3. The number of aromatic nitrogens is 1.